The summed E-state index contributed by atoms with van der Waals surface area (Å²) in [6.07, 6.45) is 1.89. The molecule has 0 aliphatic carbocycles. The van der Waals surface area contributed by atoms with Crippen LogP contribution in [0.2, 0.25) is 0 Å². The maximum atomic E-state index is 11.9. The second-order valence-corrected chi connectivity index (χ2v) is 4.46. The molecule has 0 unspecified atom stereocenters. The quantitative estimate of drug-likeness (QED) is 0.786. The average molecular weight is 283 g/mol. The third kappa shape index (κ3) is 2.97. The van der Waals surface area contributed by atoms with Crippen molar-refractivity contribution in [3.8, 4) is 11.6 Å². The van der Waals surface area contributed by atoms with Crippen LogP contribution in [-0.2, 0) is 18.3 Å². The number of rotatable bonds is 4. The van der Waals surface area contributed by atoms with Crippen molar-refractivity contribution in [3.05, 3.63) is 48.2 Å². The first-order chi connectivity index (χ1) is 10.2. The first-order valence-electron chi connectivity index (χ1n) is 6.38. The van der Waals surface area contributed by atoms with Gasteiger partial charge in [0.05, 0.1) is 6.42 Å². The first-order valence-corrected chi connectivity index (χ1v) is 6.38. The van der Waals surface area contributed by atoms with Gasteiger partial charge in [0, 0.05) is 13.2 Å². The van der Waals surface area contributed by atoms with Crippen molar-refractivity contribution in [1.82, 2.24) is 20.0 Å². The van der Waals surface area contributed by atoms with E-state index in [0.29, 0.717) is 11.6 Å². The molecule has 1 N–H and O–H groups in total. The Hall–Kier alpha value is -2.96. The molecular formula is C14H13N5O2. The van der Waals surface area contributed by atoms with Crippen molar-refractivity contribution in [1.29, 1.82) is 0 Å². The third-order valence-electron chi connectivity index (χ3n) is 2.92. The largest absolute Gasteiger partial charge is 0.401 e. The van der Waals surface area contributed by atoms with Crippen LogP contribution in [0, 0.1) is 0 Å². The number of carbonyl (C=O) groups excluding carboxylic acids is 1. The van der Waals surface area contributed by atoms with Crippen LogP contribution < -0.4 is 5.32 Å². The molecule has 0 aliphatic heterocycles. The van der Waals surface area contributed by atoms with Gasteiger partial charge in [-0.05, 0) is 11.6 Å². The first kappa shape index (κ1) is 13.0. The predicted octanol–water partition coefficient (Wildman–Crippen LogP) is 1.65. The zero-order valence-electron chi connectivity index (χ0n) is 11.4. The smallest absolute Gasteiger partial charge is 0.322 e. The lowest BCUT2D eigenvalue weighted by Crippen LogP contribution is -2.14. The van der Waals surface area contributed by atoms with E-state index in [1.165, 1.54) is 0 Å². The number of nitrogens with zero attached hydrogens (tertiary/aromatic N) is 4. The molecule has 106 valence electrons. The van der Waals surface area contributed by atoms with Crippen molar-refractivity contribution in [2.45, 2.75) is 6.42 Å². The van der Waals surface area contributed by atoms with E-state index in [-0.39, 0.29) is 18.3 Å². The van der Waals surface area contributed by atoms with Crippen LogP contribution in [0.4, 0.5) is 6.01 Å². The van der Waals surface area contributed by atoms with E-state index in [0.717, 1.165) is 5.56 Å². The van der Waals surface area contributed by atoms with Gasteiger partial charge in [-0.25, -0.2) is 0 Å². The maximum Gasteiger partial charge on any atom is 0.322 e. The molecule has 0 bridgehead atoms. The summed E-state index contributed by atoms with van der Waals surface area (Å²) in [4.78, 5) is 11.9. The number of anilines is 1. The fraction of sp³-hybridized carbons (Fsp3) is 0.143. The number of nitrogens with one attached hydrogen (secondary N) is 1. The van der Waals surface area contributed by atoms with Crippen molar-refractivity contribution in [2.75, 3.05) is 5.32 Å². The van der Waals surface area contributed by atoms with Gasteiger partial charge >= 0.3 is 6.01 Å². The zero-order chi connectivity index (χ0) is 14.7. The van der Waals surface area contributed by atoms with E-state index in [2.05, 4.69) is 20.6 Å². The Morgan fingerprint density at radius 1 is 1.24 bits per heavy atom. The van der Waals surface area contributed by atoms with E-state index in [1.807, 2.05) is 30.3 Å². The Labute approximate surface area is 120 Å². The molecular weight excluding hydrogens is 270 g/mol. The minimum atomic E-state index is -0.207. The molecule has 0 radical (unpaired) electrons. The predicted molar refractivity (Wildman–Crippen MR) is 75.3 cm³/mol. The molecule has 0 spiro atoms. The highest BCUT2D eigenvalue weighted by molar-refractivity contribution is 5.90. The van der Waals surface area contributed by atoms with Gasteiger partial charge in [-0.2, -0.15) is 5.10 Å². The van der Waals surface area contributed by atoms with Gasteiger partial charge in [-0.1, -0.05) is 35.4 Å². The van der Waals surface area contributed by atoms with Gasteiger partial charge < -0.3 is 4.42 Å². The summed E-state index contributed by atoms with van der Waals surface area (Å²) in [7, 11) is 1.77. The molecule has 1 amide bonds. The highest BCUT2D eigenvalue weighted by atomic mass is 16.4. The van der Waals surface area contributed by atoms with Crippen molar-refractivity contribution < 1.29 is 9.21 Å². The van der Waals surface area contributed by atoms with Crippen LogP contribution in [0.25, 0.3) is 11.6 Å². The number of hydrogen-bond acceptors (Lipinski definition) is 5. The normalized spacial score (nSPS) is 10.5. The molecule has 0 fully saturated rings. The highest BCUT2D eigenvalue weighted by Crippen LogP contribution is 2.18. The molecule has 2 aromatic heterocycles. The van der Waals surface area contributed by atoms with Gasteiger partial charge in [-0.15, -0.1) is 5.10 Å². The van der Waals surface area contributed by atoms with Crippen LogP contribution in [0.3, 0.4) is 0 Å². The summed E-state index contributed by atoms with van der Waals surface area (Å²) in [6, 6.07) is 11.3. The number of hydrogen-bond donors (Lipinski definition) is 1. The molecule has 3 aromatic rings. The number of aromatic nitrogens is 4. The van der Waals surface area contributed by atoms with Gasteiger partial charge in [0.25, 0.3) is 5.89 Å². The third-order valence-corrected chi connectivity index (χ3v) is 2.92. The molecule has 0 aliphatic rings. The number of amides is 1. The van der Waals surface area contributed by atoms with Gasteiger partial charge in [0.1, 0.15) is 5.69 Å². The lowest BCUT2D eigenvalue weighted by Gasteiger charge is -2.00. The molecule has 1 aromatic carbocycles. The van der Waals surface area contributed by atoms with Crippen LogP contribution in [0.15, 0.2) is 47.0 Å². The van der Waals surface area contributed by atoms with Crippen LogP contribution in [-0.4, -0.2) is 25.9 Å². The minimum absolute atomic E-state index is 0.0760. The average Bonchev–Trinajstić information content (AvgIpc) is 3.08. The van der Waals surface area contributed by atoms with Crippen LogP contribution >= 0.6 is 0 Å². The Bertz CT molecular complexity index is 748. The summed E-state index contributed by atoms with van der Waals surface area (Å²) in [6.45, 7) is 0. The SMILES string of the molecule is Cn1nccc1-c1nnc(NC(=O)Cc2ccccc2)o1. The second-order valence-electron chi connectivity index (χ2n) is 4.46. The Morgan fingerprint density at radius 3 is 2.76 bits per heavy atom. The van der Waals surface area contributed by atoms with Gasteiger partial charge in [0.15, 0.2) is 0 Å². The Morgan fingerprint density at radius 2 is 2.05 bits per heavy atom. The van der Waals surface area contributed by atoms with Crippen molar-refractivity contribution >= 4 is 11.9 Å². The number of aryl methyl sites for hydroxylation is 1. The summed E-state index contributed by atoms with van der Waals surface area (Å²) < 4.78 is 7.02. The monoisotopic (exact) mass is 283 g/mol. The fourth-order valence-corrected chi connectivity index (χ4v) is 1.91. The minimum Gasteiger partial charge on any atom is -0.401 e. The van der Waals surface area contributed by atoms with E-state index >= 15 is 0 Å². The van der Waals surface area contributed by atoms with Crippen LogP contribution in [0.1, 0.15) is 5.56 Å². The van der Waals surface area contributed by atoms with E-state index < -0.39 is 0 Å². The van der Waals surface area contributed by atoms with E-state index in [4.69, 9.17) is 4.42 Å². The summed E-state index contributed by atoms with van der Waals surface area (Å²) in [5.41, 5.74) is 1.60. The number of carbonyl (C=O) groups is 1. The van der Waals surface area contributed by atoms with Crippen molar-refractivity contribution in [3.63, 3.8) is 0 Å². The molecule has 2 heterocycles. The summed E-state index contributed by atoms with van der Waals surface area (Å²) in [5, 5.41) is 14.3. The lowest BCUT2D eigenvalue weighted by molar-refractivity contribution is -0.115. The van der Waals surface area contributed by atoms with Gasteiger partial charge in [0.2, 0.25) is 5.91 Å². The fourth-order valence-electron chi connectivity index (χ4n) is 1.91. The highest BCUT2D eigenvalue weighted by Gasteiger charge is 2.13. The van der Waals surface area contributed by atoms with Crippen LogP contribution in [0.5, 0.6) is 0 Å². The summed E-state index contributed by atoms with van der Waals surface area (Å²) >= 11 is 0. The Kier molecular flexibility index (Phi) is 3.46. The molecule has 7 nitrogen and oxygen atoms in total. The van der Waals surface area contributed by atoms with E-state index in [9.17, 15) is 4.79 Å². The molecule has 0 saturated heterocycles. The molecule has 21 heavy (non-hydrogen) atoms. The van der Waals surface area contributed by atoms with Crippen molar-refractivity contribution in [2.24, 2.45) is 7.05 Å². The standard InChI is InChI=1S/C14H13N5O2/c1-19-11(7-8-15-19)13-17-18-14(21-13)16-12(20)9-10-5-3-2-4-6-10/h2-8H,9H2,1H3,(H,16,18,20). The molecule has 7 heteroatoms. The molecule has 0 atom stereocenters. The lowest BCUT2D eigenvalue weighted by atomic mass is 10.1. The number of benzene rings is 1. The molecule has 0 saturated carbocycles. The maximum absolute atomic E-state index is 11.9. The second kappa shape index (κ2) is 5.58. The Balaban J connectivity index is 1.67. The molecule has 3 rings (SSSR count). The topological polar surface area (TPSA) is 85.8 Å². The summed E-state index contributed by atoms with van der Waals surface area (Å²) in [5.74, 6) is 0.103. The van der Waals surface area contributed by atoms with E-state index in [1.54, 1.807) is 24.0 Å². The van der Waals surface area contributed by atoms with Gasteiger partial charge in [-0.3, -0.25) is 14.8 Å². The zero-order valence-corrected chi connectivity index (χ0v) is 11.4.